The van der Waals surface area contributed by atoms with E-state index in [1.807, 2.05) is 0 Å². The largest absolute Gasteiger partial charge is 0.464 e. The second kappa shape index (κ2) is 3.27. The summed E-state index contributed by atoms with van der Waals surface area (Å²) in [5, 5.41) is 0. The number of hydrogen-bond donors (Lipinski definition) is 1. The van der Waals surface area contributed by atoms with Crippen molar-refractivity contribution in [3.8, 4) is 0 Å². The summed E-state index contributed by atoms with van der Waals surface area (Å²) in [4.78, 5) is 15.7. The van der Waals surface area contributed by atoms with Crippen molar-refractivity contribution in [3.63, 3.8) is 0 Å². The zero-order valence-corrected chi connectivity index (χ0v) is 8.52. The normalized spacial score (nSPS) is 10.5. The van der Waals surface area contributed by atoms with Gasteiger partial charge in [-0.2, -0.15) is 0 Å². The highest BCUT2D eigenvalue weighted by Gasteiger charge is 2.16. The molecule has 0 aliphatic carbocycles. The van der Waals surface area contributed by atoms with E-state index in [-0.39, 0.29) is 0 Å². The number of ether oxygens (including phenoxy) is 1. The maximum Gasteiger partial charge on any atom is 0.356 e. The van der Waals surface area contributed by atoms with Crippen molar-refractivity contribution < 1.29 is 9.53 Å². The third-order valence-electron chi connectivity index (χ3n) is 2.20. The van der Waals surface area contributed by atoms with Gasteiger partial charge >= 0.3 is 5.97 Å². The van der Waals surface area contributed by atoms with Crippen molar-refractivity contribution in [3.05, 3.63) is 29.7 Å². The first-order valence-corrected chi connectivity index (χ1v) is 4.46. The molecule has 78 valence electrons. The second-order valence-corrected chi connectivity index (χ2v) is 3.23. The van der Waals surface area contributed by atoms with Crippen LogP contribution in [-0.2, 0) is 4.74 Å². The first-order valence-electron chi connectivity index (χ1n) is 4.46. The number of nitrogens with two attached hydrogens (primary N) is 1. The molecule has 0 saturated heterocycles. The molecule has 2 heterocycles. The summed E-state index contributed by atoms with van der Waals surface area (Å²) in [5.74, 6) is -0.398. The first kappa shape index (κ1) is 9.51. The lowest BCUT2D eigenvalue weighted by Gasteiger charge is -2.00. The smallest absolute Gasteiger partial charge is 0.356 e. The molecule has 0 unspecified atom stereocenters. The number of fused-ring (bicyclic) bond motifs is 1. The number of rotatable bonds is 1. The molecule has 2 aromatic rings. The van der Waals surface area contributed by atoms with Gasteiger partial charge in [0.15, 0.2) is 5.69 Å². The number of carbonyl (C=O) groups is 1. The van der Waals surface area contributed by atoms with E-state index < -0.39 is 5.97 Å². The van der Waals surface area contributed by atoms with Gasteiger partial charge in [0.05, 0.1) is 12.8 Å². The van der Waals surface area contributed by atoms with Crippen LogP contribution in [0.3, 0.4) is 0 Å². The predicted octanol–water partition coefficient (Wildman–Crippen LogP) is 1.01. The number of nitrogen functional groups attached to an aromatic ring is 1. The number of aromatic nitrogens is 2. The molecule has 0 radical (unpaired) electrons. The number of pyridine rings is 1. The van der Waals surface area contributed by atoms with Crippen molar-refractivity contribution in [2.45, 2.75) is 6.92 Å². The van der Waals surface area contributed by atoms with Crippen molar-refractivity contribution in [2.75, 3.05) is 12.8 Å². The molecule has 0 saturated carbocycles. The van der Waals surface area contributed by atoms with E-state index in [9.17, 15) is 4.79 Å². The maximum absolute atomic E-state index is 11.5. The first-order chi connectivity index (χ1) is 7.13. The number of anilines is 1. The molecule has 5 heteroatoms. The van der Waals surface area contributed by atoms with E-state index in [2.05, 4.69) is 9.72 Å². The standard InChI is InChI=1S/C10H11N3O2/c1-6-9(10(14)15-2)13-4-3-7(11)5-8(13)12-6/h3-5H,11H2,1-2H3. The van der Waals surface area contributed by atoms with Crippen LogP contribution in [0.2, 0.25) is 0 Å². The van der Waals surface area contributed by atoms with Gasteiger partial charge < -0.3 is 10.5 Å². The fourth-order valence-corrected chi connectivity index (χ4v) is 1.52. The molecule has 0 bridgehead atoms. The molecular formula is C10H11N3O2. The fourth-order valence-electron chi connectivity index (χ4n) is 1.52. The zero-order valence-electron chi connectivity index (χ0n) is 8.52. The maximum atomic E-state index is 11.5. The number of imidazole rings is 1. The van der Waals surface area contributed by atoms with Crippen LogP contribution in [0, 0.1) is 6.92 Å². The van der Waals surface area contributed by atoms with Crippen LogP contribution in [0.25, 0.3) is 5.65 Å². The summed E-state index contributed by atoms with van der Waals surface area (Å²) in [7, 11) is 1.35. The molecule has 0 aliphatic rings. The highest BCUT2D eigenvalue weighted by Crippen LogP contribution is 2.15. The Hall–Kier alpha value is -2.04. The Kier molecular flexibility index (Phi) is 2.07. The third-order valence-corrected chi connectivity index (χ3v) is 2.20. The van der Waals surface area contributed by atoms with E-state index in [4.69, 9.17) is 5.73 Å². The van der Waals surface area contributed by atoms with Gasteiger partial charge in [-0.1, -0.05) is 0 Å². The minimum absolute atomic E-state index is 0.398. The van der Waals surface area contributed by atoms with Crippen LogP contribution >= 0.6 is 0 Å². The summed E-state index contributed by atoms with van der Waals surface area (Å²) in [6.07, 6.45) is 1.71. The molecule has 0 fully saturated rings. The van der Waals surface area contributed by atoms with Crippen molar-refractivity contribution in [1.29, 1.82) is 0 Å². The SMILES string of the molecule is COC(=O)c1c(C)nc2cc(N)ccn12. The molecule has 0 atom stereocenters. The van der Waals surface area contributed by atoms with Crippen LogP contribution in [0.1, 0.15) is 16.2 Å². The lowest BCUT2D eigenvalue weighted by molar-refractivity contribution is 0.0592. The monoisotopic (exact) mass is 205 g/mol. The summed E-state index contributed by atoms with van der Waals surface area (Å²) in [6.45, 7) is 1.76. The Balaban J connectivity index is 2.73. The second-order valence-electron chi connectivity index (χ2n) is 3.23. The predicted molar refractivity (Wildman–Crippen MR) is 55.7 cm³/mol. The summed E-state index contributed by atoms with van der Waals surface area (Å²) in [6, 6.07) is 3.42. The topological polar surface area (TPSA) is 69.6 Å². The van der Waals surface area contributed by atoms with E-state index in [0.29, 0.717) is 22.7 Å². The van der Waals surface area contributed by atoms with Crippen molar-refractivity contribution >= 4 is 17.3 Å². The van der Waals surface area contributed by atoms with E-state index in [1.165, 1.54) is 7.11 Å². The average Bonchev–Trinajstić information content (AvgIpc) is 2.52. The molecule has 15 heavy (non-hydrogen) atoms. The molecule has 2 aromatic heterocycles. The van der Waals surface area contributed by atoms with E-state index in [1.54, 1.807) is 29.7 Å². The van der Waals surface area contributed by atoms with Crippen LogP contribution in [0.4, 0.5) is 5.69 Å². The Bertz CT molecular complexity index is 531. The number of esters is 1. The molecule has 5 nitrogen and oxygen atoms in total. The van der Waals surface area contributed by atoms with E-state index >= 15 is 0 Å². The molecule has 0 aliphatic heterocycles. The number of nitrogens with zero attached hydrogens (tertiary/aromatic N) is 2. The van der Waals surface area contributed by atoms with Crippen molar-refractivity contribution in [1.82, 2.24) is 9.38 Å². The molecule has 0 amide bonds. The number of hydrogen-bond acceptors (Lipinski definition) is 4. The number of carbonyl (C=O) groups excluding carboxylic acids is 1. The molecule has 0 spiro atoms. The number of aryl methyl sites for hydroxylation is 1. The highest BCUT2D eigenvalue weighted by atomic mass is 16.5. The summed E-state index contributed by atoms with van der Waals surface area (Å²) >= 11 is 0. The van der Waals surface area contributed by atoms with Crippen LogP contribution in [0.5, 0.6) is 0 Å². The Labute approximate surface area is 86.5 Å². The average molecular weight is 205 g/mol. The quantitative estimate of drug-likeness (QED) is 0.705. The Morgan fingerprint density at radius 2 is 2.33 bits per heavy atom. The van der Waals surface area contributed by atoms with Crippen LogP contribution in [-0.4, -0.2) is 22.5 Å². The van der Waals surface area contributed by atoms with Gasteiger partial charge in [-0.05, 0) is 13.0 Å². The Morgan fingerprint density at radius 1 is 1.60 bits per heavy atom. The van der Waals surface area contributed by atoms with Crippen molar-refractivity contribution in [2.24, 2.45) is 0 Å². The minimum Gasteiger partial charge on any atom is -0.464 e. The van der Waals surface area contributed by atoms with Gasteiger partial charge in [0.2, 0.25) is 0 Å². The van der Waals surface area contributed by atoms with Gasteiger partial charge in [0, 0.05) is 18.0 Å². The van der Waals surface area contributed by atoms with Crippen LogP contribution < -0.4 is 5.73 Å². The molecule has 2 N–H and O–H groups in total. The summed E-state index contributed by atoms with van der Waals surface area (Å²) in [5.41, 5.74) is 7.95. The van der Waals surface area contributed by atoms with Gasteiger partial charge in [0.25, 0.3) is 0 Å². The van der Waals surface area contributed by atoms with Gasteiger partial charge in [-0.3, -0.25) is 4.40 Å². The van der Waals surface area contributed by atoms with E-state index in [0.717, 1.165) is 0 Å². The fraction of sp³-hybridized carbons (Fsp3) is 0.200. The highest BCUT2D eigenvalue weighted by molar-refractivity contribution is 5.90. The van der Waals surface area contributed by atoms with Crippen LogP contribution in [0.15, 0.2) is 18.3 Å². The third kappa shape index (κ3) is 1.41. The molecule has 2 rings (SSSR count). The molecular weight excluding hydrogens is 194 g/mol. The minimum atomic E-state index is -0.398. The lowest BCUT2D eigenvalue weighted by Crippen LogP contribution is -2.06. The lowest BCUT2D eigenvalue weighted by atomic mass is 10.3. The van der Waals surface area contributed by atoms with Gasteiger partial charge in [-0.15, -0.1) is 0 Å². The Morgan fingerprint density at radius 3 is 3.00 bits per heavy atom. The van der Waals surface area contributed by atoms with Gasteiger partial charge in [-0.25, -0.2) is 9.78 Å². The molecule has 0 aromatic carbocycles. The van der Waals surface area contributed by atoms with Gasteiger partial charge in [0.1, 0.15) is 5.65 Å². The zero-order chi connectivity index (χ0) is 11.0. The number of methoxy groups -OCH3 is 1. The summed E-state index contributed by atoms with van der Waals surface area (Å²) < 4.78 is 6.35.